The lowest BCUT2D eigenvalue weighted by atomic mass is 10.0. The Bertz CT molecular complexity index is 835. The van der Waals surface area contributed by atoms with Crippen molar-refractivity contribution < 1.29 is 19.4 Å². The molecule has 0 radical (unpaired) electrons. The van der Waals surface area contributed by atoms with E-state index in [0.717, 1.165) is 89.9 Å². The van der Waals surface area contributed by atoms with Gasteiger partial charge in [-0.15, -0.1) is 0 Å². The number of carboxylic acid groups (broad SMARTS) is 1. The number of carbonyl (C=O) groups excluding carboxylic acids is 1. The first-order chi connectivity index (χ1) is 23.1. The van der Waals surface area contributed by atoms with Crippen molar-refractivity contribution in [2.75, 3.05) is 0 Å². The maximum Gasteiger partial charge on any atom is 0.306 e. The van der Waals surface area contributed by atoms with Crippen molar-refractivity contribution in [3.63, 3.8) is 0 Å². The summed E-state index contributed by atoms with van der Waals surface area (Å²) in [6.45, 7) is 4.43. The first-order valence-corrected chi connectivity index (χ1v) is 19.8. The number of aliphatic carboxylic acids is 1. The van der Waals surface area contributed by atoms with Gasteiger partial charge in [0.05, 0.1) is 0 Å². The maximum atomic E-state index is 12.6. The molecule has 0 aromatic carbocycles. The summed E-state index contributed by atoms with van der Waals surface area (Å²) in [5, 5.41) is 8.81. The van der Waals surface area contributed by atoms with E-state index in [-0.39, 0.29) is 18.5 Å². The van der Waals surface area contributed by atoms with Gasteiger partial charge in [-0.3, -0.25) is 9.59 Å². The van der Waals surface area contributed by atoms with Gasteiger partial charge in [-0.25, -0.2) is 0 Å². The number of unbranched alkanes of at least 4 members (excludes halogenated alkanes) is 16. The zero-order valence-electron chi connectivity index (χ0n) is 30.8. The zero-order chi connectivity index (χ0) is 34.3. The molecule has 0 spiro atoms. The number of carboxylic acids is 1. The number of rotatable bonds is 35. The minimum Gasteiger partial charge on any atom is -0.481 e. The predicted molar refractivity (Wildman–Crippen MR) is 204 cm³/mol. The highest BCUT2D eigenvalue weighted by Gasteiger charge is 2.13. The van der Waals surface area contributed by atoms with Crippen LogP contribution in [0.4, 0.5) is 0 Å². The lowest BCUT2D eigenvalue weighted by Crippen LogP contribution is -2.18. The molecule has 1 atom stereocenters. The molecule has 1 unspecified atom stereocenters. The highest BCUT2D eigenvalue weighted by Crippen LogP contribution is 2.17. The molecule has 270 valence electrons. The topological polar surface area (TPSA) is 63.6 Å². The maximum absolute atomic E-state index is 12.6. The third kappa shape index (κ3) is 38.0. The quantitative estimate of drug-likeness (QED) is 0.0419. The Labute approximate surface area is 291 Å². The van der Waals surface area contributed by atoms with E-state index in [1.165, 1.54) is 77.0 Å². The van der Waals surface area contributed by atoms with Crippen LogP contribution in [0.15, 0.2) is 60.8 Å². The Balaban J connectivity index is 4.17. The molecule has 0 saturated carbocycles. The van der Waals surface area contributed by atoms with Gasteiger partial charge in [0.2, 0.25) is 0 Å². The van der Waals surface area contributed by atoms with Crippen molar-refractivity contribution >= 4 is 11.9 Å². The third-order valence-corrected chi connectivity index (χ3v) is 8.48. The lowest BCUT2D eigenvalue weighted by Gasteiger charge is -2.17. The van der Waals surface area contributed by atoms with E-state index in [0.29, 0.717) is 6.42 Å². The second kappa shape index (κ2) is 38.1. The van der Waals surface area contributed by atoms with Crippen LogP contribution in [-0.2, 0) is 14.3 Å². The number of esters is 1. The average molecular weight is 655 g/mol. The van der Waals surface area contributed by atoms with Crippen LogP contribution in [0, 0.1) is 0 Å². The van der Waals surface area contributed by atoms with Crippen molar-refractivity contribution in [1.29, 1.82) is 0 Å². The van der Waals surface area contributed by atoms with Gasteiger partial charge < -0.3 is 9.84 Å². The molecule has 0 fully saturated rings. The van der Waals surface area contributed by atoms with Gasteiger partial charge in [-0.05, 0) is 89.9 Å². The van der Waals surface area contributed by atoms with E-state index < -0.39 is 5.97 Å². The minimum atomic E-state index is -0.714. The van der Waals surface area contributed by atoms with E-state index in [1.54, 1.807) is 0 Å². The molecule has 1 N–H and O–H groups in total. The van der Waals surface area contributed by atoms with E-state index in [1.807, 2.05) is 0 Å². The van der Waals surface area contributed by atoms with Crippen molar-refractivity contribution in [3.05, 3.63) is 60.8 Å². The Hall–Kier alpha value is -2.36. The van der Waals surface area contributed by atoms with Gasteiger partial charge in [-0.1, -0.05) is 152 Å². The predicted octanol–water partition coefficient (Wildman–Crippen LogP) is 13.7. The standard InChI is InChI=1S/C43H74O4/c1-3-5-7-9-11-13-15-17-18-19-21-23-25-27-32-36-40-43(46)47-41(38-34-30-28-31-35-39-42(44)45)37-33-29-26-24-22-20-16-14-12-10-8-6-4-2/h6,8,12,14,18-20,22,26,29,41H,3-5,7,9-11,13,15-17,21,23-25,27-28,30-40H2,1-2H3,(H,44,45)/b8-6-,14-12-,19-18-,22-20-,29-26-. The molecule has 4 heteroatoms. The summed E-state index contributed by atoms with van der Waals surface area (Å²) in [4.78, 5) is 23.4. The number of hydrogen-bond acceptors (Lipinski definition) is 3. The largest absolute Gasteiger partial charge is 0.481 e. The summed E-state index contributed by atoms with van der Waals surface area (Å²) >= 11 is 0. The first-order valence-electron chi connectivity index (χ1n) is 19.8. The summed E-state index contributed by atoms with van der Waals surface area (Å²) in [5.41, 5.74) is 0. The second-order valence-corrected chi connectivity index (χ2v) is 13.1. The fraction of sp³-hybridized carbons (Fsp3) is 0.721. The smallest absolute Gasteiger partial charge is 0.306 e. The van der Waals surface area contributed by atoms with E-state index >= 15 is 0 Å². The van der Waals surface area contributed by atoms with Gasteiger partial charge >= 0.3 is 11.9 Å². The van der Waals surface area contributed by atoms with Crippen LogP contribution >= 0.6 is 0 Å². The van der Waals surface area contributed by atoms with Gasteiger partial charge in [-0.2, -0.15) is 0 Å². The minimum absolute atomic E-state index is 0.0264. The highest BCUT2D eigenvalue weighted by atomic mass is 16.5. The summed E-state index contributed by atoms with van der Waals surface area (Å²) in [6, 6.07) is 0. The van der Waals surface area contributed by atoms with Gasteiger partial charge in [0.25, 0.3) is 0 Å². The third-order valence-electron chi connectivity index (χ3n) is 8.48. The van der Waals surface area contributed by atoms with Crippen LogP contribution in [0.3, 0.4) is 0 Å². The van der Waals surface area contributed by atoms with Crippen LogP contribution in [0.1, 0.15) is 194 Å². The lowest BCUT2D eigenvalue weighted by molar-refractivity contribution is -0.150. The molecule has 0 aliphatic carbocycles. The molecule has 0 aliphatic rings. The number of carbonyl (C=O) groups is 2. The highest BCUT2D eigenvalue weighted by molar-refractivity contribution is 5.69. The first kappa shape index (κ1) is 44.6. The second-order valence-electron chi connectivity index (χ2n) is 13.1. The van der Waals surface area contributed by atoms with Gasteiger partial charge in [0, 0.05) is 12.8 Å². The molecule has 0 amide bonds. The van der Waals surface area contributed by atoms with Crippen LogP contribution in [0.5, 0.6) is 0 Å². The van der Waals surface area contributed by atoms with E-state index in [4.69, 9.17) is 9.84 Å². The Morgan fingerprint density at radius 3 is 1.49 bits per heavy atom. The van der Waals surface area contributed by atoms with Crippen molar-refractivity contribution in [2.24, 2.45) is 0 Å². The summed E-state index contributed by atoms with van der Waals surface area (Å²) in [6.07, 6.45) is 52.4. The molecule has 0 aliphatic heterocycles. The Morgan fingerprint density at radius 1 is 0.489 bits per heavy atom. The zero-order valence-corrected chi connectivity index (χ0v) is 30.8. The van der Waals surface area contributed by atoms with Crippen molar-refractivity contribution in [1.82, 2.24) is 0 Å². The SMILES string of the molecule is CC/C=C\C/C=C\C/C=C\C/C=C\CCC(CCCCCCCC(=O)O)OC(=O)CCCCCCC/C=C\CCCCCCCCC. The number of hydrogen-bond donors (Lipinski definition) is 1. The molecule has 0 aromatic rings. The molecular weight excluding hydrogens is 580 g/mol. The Kier molecular flexibility index (Phi) is 36.2. The fourth-order valence-electron chi connectivity index (χ4n) is 5.58. The number of ether oxygens (including phenoxy) is 1. The van der Waals surface area contributed by atoms with Crippen LogP contribution in [-0.4, -0.2) is 23.1 Å². The van der Waals surface area contributed by atoms with Gasteiger partial charge in [0.1, 0.15) is 6.10 Å². The molecule has 47 heavy (non-hydrogen) atoms. The van der Waals surface area contributed by atoms with Crippen molar-refractivity contribution in [3.8, 4) is 0 Å². The van der Waals surface area contributed by atoms with Crippen LogP contribution in [0.2, 0.25) is 0 Å². The van der Waals surface area contributed by atoms with E-state index in [2.05, 4.69) is 74.6 Å². The Morgan fingerprint density at radius 2 is 0.936 bits per heavy atom. The normalized spacial score (nSPS) is 12.9. The molecule has 0 saturated heterocycles. The molecule has 4 nitrogen and oxygen atoms in total. The summed E-state index contributed by atoms with van der Waals surface area (Å²) < 4.78 is 5.95. The number of allylic oxidation sites excluding steroid dienone is 10. The molecular formula is C43H74O4. The van der Waals surface area contributed by atoms with Crippen molar-refractivity contribution in [2.45, 2.75) is 200 Å². The van der Waals surface area contributed by atoms with Crippen LogP contribution < -0.4 is 0 Å². The molecule has 0 rings (SSSR count). The molecule has 0 bridgehead atoms. The van der Waals surface area contributed by atoms with Gasteiger partial charge in [0.15, 0.2) is 0 Å². The van der Waals surface area contributed by atoms with E-state index in [9.17, 15) is 9.59 Å². The average Bonchev–Trinajstić information content (AvgIpc) is 3.05. The monoisotopic (exact) mass is 655 g/mol. The molecule has 0 aromatic heterocycles. The molecule has 0 heterocycles. The van der Waals surface area contributed by atoms with Crippen LogP contribution in [0.25, 0.3) is 0 Å². The fourth-order valence-corrected chi connectivity index (χ4v) is 5.58. The summed E-state index contributed by atoms with van der Waals surface area (Å²) in [7, 11) is 0. The summed E-state index contributed by atoms with van der Waals surface area (Å²) in [5.74, 6) is -0.760.